The highest BCUT2D eigenvalue weighted by Crippen LogP contribution is 2.48. The van der Waals surface area contributed by atoms with Crippen LogP contribution in [0.1, 0.15) is 46.4 Å². The summed E-state index contributed by atoms with van der Waals surface area (Å²) in [6, 6.07) is 22.8. The van der Waals surface area contributed by atoms with Crippen LogP contribution in [0.4, 0.5) is 0 Å². The van der Waals surface area contributed by atoms with Crippen LogP contribution in [0.2, 0.25) is 0 Å². The molecule has 0 N–H and O–H groups in total. The number of hydrogen-bond acceptors (Lipinski definition) is 3. The lowest BCUT2D eigenvalue weighted by molar-refractivity contribution is -0.136. The van der Waals surface area contributed by atoms with Crippen LogP contribution in [0.3, 0.4) is 0 Å². The molecule has 1 aliphatic heterocycles. The monoisotopic (exact) mass is 497 g/mol. The van der Waals surface area contributed by atoms with Gasteiger partial charge < -0.3 is 14.4 Å². The SMILES string of the molecule is Cc1ccccc1Cn1c(C(=O)N2CCN(C(=O)[C@H]3C[C@H]3c3ccccc3)[C@@H](C)C2)cc2ccsc21. The zero-order chi connectivity index (χ0) is 24.8. The summed E-state index contributed by atoms with van der Waals surface area (Å²) in [4.78, 5) is 32.1. The van der Waals surface area contributed by atoms with Gasteiger partial charge in [-0.1, -0.05) is 54.6 Å². The van der Waals surface area contributed by atoms with E-state index >= 15 is 0 Å². The second-order valence-electron chi connectivity index (χ2n) is 10.2. The average molecular weight is 498 g/mol. The zero-order valence-electron chi connectivity index (χ0n) is 20.8. The molecular weight excluding hydrogens is 466 g/mol. The maximum absolute atomic E-state index is 13.8. The number of aryl methyl sites for hydroxylation is 1. The first kappa shape index (κ1) is 23.0. The highest BCUT2D eigenvalue weighted by Gasteiger charge is 2.47. The summed E-state index contributed by atoms with van der Waals surface area (Å²) >= 11 is 1.68. The van der Waals surface area contributed by atoms with Gasteiger partial charge in [0.15, 0.2) is 0 Å². The molecular formula is C30H31N3O2S. The van der Waals surface area contributed by atoms with Gasteiger partial charge in [0.2, 0.25) is 5.91 Å². The summed E-state index contributed by atoms with van der Waals surface area (Å²) in [7, 11) is 0. The Morgan fingerprint density at radius 2 is 1.78 bits per heavy atom. The number of nitrogens with zero attached hydrogens (tertiary/aromatic N) is 3. The molecule has 1 saturated heterocycles. The van der Waals surface area contributed by atoms with Crippen LogP contribution in [-0.2, 0) is 11.3 Å². The Morgan fingerprint density at radius 3 is 2.56 bits per heavy atom. The molecule has 0 spiro atoms. The molecule has 5 nitrogen and oxygen atoms in total. The molecule has 1 aliphatic carbocycles. The minimum absolute atomic E-state index is 0.00752. The largest absolute Gasteiger partial charge is 0.336 e. The fraction of sp³-hybridized carbons (Fsp3) is 0.333. The Hall–Kier alpha value is -3.38. The van der Waals surface area contributed by atoms with Gasteiger partial charge in [-0.25, -0.2) is 0 Å². The predicted octanol–water partition coefficient (Wildman–Crippen LogP) is 5.54. The lowest BCUT2D eigenvalue weighted by atomic mass is 10.1. The summed E-state index contributed by atoms with van der Waals surface area (Å²) in [5.41, 5.74) is 4.44. The third-order valence-electron chi connectivity index (χ3n) is 7.84. The van der Waals surface area contributed by atoms with Crippen LogP contribution in [0.5, 0.6) is 0 Å². The van der Waals surface area contributed by atoms with Crippen molar-refractivity contribution in [3.05, 3.63) is 94.5 Å². The van der Waals surface area contributed by atoms with Crippen molar-refractivity contribution >= 4 is 33.4 Å². The quantitative estimate of drug-likeness (QED) is 0.364. The molecule has 0 radical (unpaired) electrons. The van der Waals surface area contributed by atoms with E-state index in [1.165, 1.54) is 16.7 Å². The van der Waals surface area contributed by atoms with Crippen LogP contribution in [0, 0.1) is 12.8 Å². The molecule has 2 aliphatic rings. The number of carbonyl (C=O) groups excluding carboxylic acids is 2. The fourth-order valence-electron chi connectivity index (χ4n) is 5.65. The van der Waals surface area contributed by atoms with Gasteiger partial charge in [-0.3, -0.25) is 9.59 Å². The van der Waals surface area contributed by atoms with Gasteiger partial charge in [-0.2, -0.15) is 0 Å². The Bertz CT molecular complexity index is 1420. The Balaban J connectivity index is 1.17. The fourth-order valence-corrected chi connectivity index (χ4v) is 6.54. The number of piperazine rings is 1. The van der Waals surface area contributed by atoms with Crippen LogP contribution in [-0.4, -0.2) is 51.9 Å². The molecule has 184 valence electrons. The first-order valence-corrected chi connectivity index (χ1v) is 13.6. The lowest BCUT2D eigenvalue weighted by Gasteiger charge is -2.40. The molecule has 0 bridgehead atoms. The van der Waals surface area contributed by atoms with Crippen LogP contribution in [0.15, 0.2) is 72.1 Å². The Labute approximate surface area is 215 Å². The second kappa shape index (κ2) is 9.25. The highest BCUT2D eigenvalue weighted by atomic mass is 32.1. The van der Waals surface area contributed by atoms with Gasteiger partial charge in [0, 0.05) is 43.5 Å². The molecule has 6 rings (SSSR count). The van der Waals surface area contributed by atoms with E-state index in [9.17, 15) is 9.59 Å². The number of hydrogen-bond donors (Lipinski definition) is 0. The molecule has 36 heavy (non-hydrogen) atoms. The van der Waals surface area contributed by atoms with Gasteiger partial charge in [0.1, 0.15) is 10.5 Å². The van der Waals surface area contributed by atoms with E-state index in [-0.39, 0.29) is 23.8 Å². The van der Waals surface area contributed by atoms with Crippen molar-refractivity contribution in [2.75, 3.05) is 19.6 Å². The number of amides is 2. The molecule has 4 aromatic rings. The first-order chi connectivity index (χ1) is 17.5. The number of benzene rings is 2. The smallest absolute Gasteiger partial charge is 0.270 e. The predicted molar refractivity (Wildman–Crippen MR) is 144 cm³/mol. The van der Waals surface area contributed by atoms with Gasteiger partial charge in [0.25, 0.3) is 5.91 Å². The maximum Gasteiger partial charge on any atom is 0.270 e. The van der Waals surface area contributed by atoms with E-state index in [1.807, 2.05) is 40.1 Å². The van der Waals surface area contributed by atoms with E-state index in [0.29, 0.717) is 32.1 Å². The van der Waals surface area contributed by atoms with E-state index in [2.05, 4.69) is 60.2 Å². The third-order valence-corrected chi connectivity index (χ3v) is 8.80. The van der Waals surface area contributed by atoms with E-state index in [0.717, 1.165) is 22.3 Å². The van der Waals surface area contributed by atoms with Crippen molar-refractivity contribution in [1.29, 1.82) is 0 Å². The molecule has 2 fully saturated rings. The number of rotatable bonds is 5. The maximum atomic E-state index is 13.8. The van der Waals surface area contributed by atoms with E-state index in [4.69, 9.17) is 0 Å². The number of thiophene rings is 1. The Morgan fingerprint density at radius 1 is 1.00 bits per heavy atom. The molecule has 3 heterocycles. The number of fused-ring (bicyclic) bond motifs is 1. The summed E-state index contributed by atoms with van der Waals surface area (Å²) in [5.74, 6) is 0.713. The second-order valence-corrected chi connectivity index (χ2v) is 11.1. The molecule has 2 aromatic carbocycles. The normalized spacial score (nSPS) is 21.7. The summed E-state index contributed by atoms with van der Waals surface area (Å²) in [6.07, 6.45) is 0.928. The average Bonchev–Trinajstić information content (AvgIpc) is 3.44. The van der Waals surface area contributed by atoms with Crippen LogP contribution in [0.25, 0.3) is 10.2 Å². The van der Waals surface area contributed by atoms with Gasteiger partial charge >= 0.3 is 0 Å². The van der Waals surface area contributed by atoms with Crippen LogP contribution >= 0.6 is 11.3 Å². The van der Waals surface area contributed by atoms with Gasteiger partial charge in [-0.15, -0.1) is 11.3 Å². The molecule has 6 heteroatoms. The Kier molecular flexibility index (Phi) is 5.92. The van der Waals surface area contributed by atoms with Gasteiger partial charge in [0.05, 0.1) is 0 Å². The van der Waals surface area contributed by atoms with Crippen molar-refractivity contribution in [2.45, 2.75) is 38.8 Å². The number of aromatic nitrogens is 1. The van der Waals surface area contributed by atoms with Crippen molar-refractivity contribution in [3.8, 4) is 0 Å². The van der Waals surface area contributed by atoms with E-state index in [1.54, 1.807) is 11.3 Å². The van der Waals surface area contributed by atoms with Crippen molar-refractivity contribution in [2.24, 2.45) is 5.92 Å². The molecule has 2 amide bonds. The molecule has 0 unspecified atom stereocenters. The molecule has 1 saturated carbocycles. The van der Waals surface area contributed by atoms with Crippen molar-refractivity contribution in [3.63, 3.8) is 0 Å². The summed E-state index contributed by atoms with van der Waals surface area (Å²) in [6.45, 7) is 6.59. The lowest BCUT2D eigenvalue weighted by Crippen LogP contribution is -2.56. The van der Waals surface area contributed by atoms with E-state index < -0.39 is 0 Å². The minimum atomic E-state index is 0.00752. The number of carbonyl (C=O) groups is 2. The minimum Gasteiger partial charge on any atom is -0.336 e. The highest BCUT2D eigenvalue weighted by molar-refractivity contribution is 7.16. The van der Waals surface area contributed by atoms with Gasteiger partial charge in [-0.05, 0) is 60.4 Å². The summed E-state index contributed by atoms with van der Waals surface area (Å²) in [5, 5.41) is 3.19. The van der Waals surface area contributed by atoms with Crippen LogP contribution < -0.4 is 0 Å². The first-order valence-electron chi connectivity index (χ1n) is 12.8. The zero-order valence-corrected chi connectivity index (χ0v) is 21.6. The topological polar surface area (TPSA) is 45.6 Å². The standard InChI is InChI=1S/C30H31N3O2S/c1-20-8-6-7-11-24(20)19-33-27(16-23-12-15-36-30(23)33)29(35)31-13-14-32(21(2)18-31)28(34)26-17-25(26)22-9-4-3-5-10-22/h3-12,15-16,21,25-26H,13-14,17-19H2,1-2H3/t21-,25-,26-/m0/s1. The van der Waals surface area contributed by atoms with Crippen molar-refractivity contribution < 1.29 is 9.59 Å². The molecule has 2 aromatic heterocycles. The third kappa shape index (κ3) is 4.13. The summed E-state index contributed by atoms with van der Waals surface area (Å²) < 4.78 is 2.17. The molecule has 3 atom stereocenters. The van der Waals surface area contributed by atoms with Crippen molar-refractivity contribution in [1.82, 2.24) is 14.4 Å².